The molecule has 1 saturated heterocycles. The SMILES string of the molecule is O=S(=O)(O)N1CCCCC1c1nnc(Cc2ccccc2)o1. The van der Waals surface area contributed by atoms with E-state index in [0.717, 1.165) is 16.3 Å². The van der Waals surface area contributed by atoms with Gasteiger partial charge in [0.25, 0.3) is 0 Å². The quantitative estimate of drug-likeness (QED) is 0.864. The maximum atomic E-state index is 11.5. The molecule has 1 aliphatic rings. The van der Waals surface area contributed by atoms with Gasteiger partial charge in [0.1, 0.15) is 6.04 Å². The normalized spacial score (nSPS) is 20.1. The zero-order valence-electron chi connectivity index (χ0n) is 11.9. The second kappa shape index (κ2) is 6.15. The minimum absolute atomic E-state index is 0.239. The number of nitrogens with zero attached hydrogens (tertiary/aromatic N) is 3. The van der Waals surface area contributed by atoms with Crippen LogP contribution in [0.4, 0.5) is 0 Å². The molecule has 0 spiro atoms. The van der Waals surface area contributed by atoms with Gasteiger partial charge < -0.3 is 4.42 Å². The Morgan fingerprint density at radius 3 is 2.73 bits per heavy atom. The first-order valence-electron chi connectivity index (χ1n) is 7.14. The molecule has 1 aromatic heterocycles. The number of hydrogen-bond acceptors (Lipinski definition) is 5. The Balaban J connectivity index is 1.80. The van der Waals surface area contributed by atoms with Crippen LogP contribution >= 0.6 is 0 Å². The van der Waals surface area contributed by atoms with Gasteiger partial charge in [0.2, 0.25) is 11.8 Å². The van der Waals surface area contributed by atoms with E-state index in [1.807, 2.05) is 30.3 Å². The van der Waals surface area contributed by atoms with E-state index in [2.05, 4.69) is 10.2 Å². The lowest BCUT2D eigenvalue weighted by molar-refractivity contribution is 0.200. The van der Waals surface area contributed by atoms with Gasteiger partial charge in [-0.25, -0.2) is 0 Å². The van der Waals surface area contributed by atoms with Gasteiger partial charge in [-0.3, -0.25) is 4.55 Å². The highest BCUT2D eigenvalue weighted by atomic mass is 32.2. The lowest BCUT2D eigenvalue weighted by atomic mass is 10.1. The molecule has 0 aliphatic carbocycles. The van der Waals surface area contributed by atoms with E-state index in [1.54, 1.807) is 0 Å². The van der Waals surface area contributed by atoms with Crippen molar-refractivity contribution in [1.82, 2.24) is 14.5 Å². The van der Waals surface area contributed by atoms with Gasteiger partial charge in [0.05, 0.1) is 6.42 Å². The van der Waals surface area contributed by atoms with Crippen molar-refractivity contribution in [2.75, 3.05) is 6.54 Å². The maximum absolute atomic E-state index is 11.5. The molecule has 3 rings (SSSR count). The summed E-state index contributed by atoms with van der Waals surface area (Å²) in [6.07, 6.45) is 2.62. The first kappa shape index (κ1) is 15.1. The van der Waals surface area contributed by atoms with Crippen LogP contribution in [0.15, 0.2) is 34.7 Å². The van der Waals surface area contributed by atoms with Crippen molar-refractivity contribution >= 4 is 10.3 Å². The third kappa shape index (κ3) is 3.34. The molecule has 1 N–H and O–H groups in total. The zero-order chi connectivity index (χ0) is 15.6. The third-order valence-electron chi connectivity index (χ3n) is 3.72. The molecule has 0 bridgehead atoms. The summed E-state index contributed by atoms with van der Waals surface area (Å²) in [4.78, 5) is 0. The van der Waals surface area contributed by atoms with Gasteiger partial charge in [0, 0.05) is 6.54 Å². The van der Waals surface area contributed by atoms with E-state index in [4.69, 9.17) is 4.42 Å². The largest absolute Gasteiger partial charge is 0.423 e. The first-order valence-corrected chi connectivity index (χ1v) is 8.54. The van der Waals surface area contributed by atoms with Crippen molar-refractivity contribution in [3.05, 3.63) is 47.7 Å². The van der Waals surface area contributed by atoms with Crippen LogP contribution in [0.1, 0.15) is 42.6 Å². The summed E-state index contributed by atoms with van der Waals surface area (Å²) in [5.74, 6) is 0.672. The van der Waals surface area contributed by atoms with Crippen LogP contribution < -0.4 is 0 Å². The molecule has 0 saturated carbocycles. The van der Waals surface area contributed by atoms with Crippen LogP contribution in [0.25, 0.3) is 0 Å². The van der Waals surface area contributed by atoms with Gasteiger partial charge in [-0.15, -0.1) is 10.2 Å². The second-order valence-corrected chi connectivity index (χ2v) is 6.66. The van der Waals surface area contributed by atoms with E-state index < -0.39 is 16.3 Å². The van der Waals surface area contributed by atoms with Gasteiger partial charge in [-0.05, 0) is 18.4 Å². The van der Waals surface area contributed by atoms with Gasteiger partial charge in [-0.2, -0.15) is 12.7 Å². The fraction of sp³-hybridized carbons (Fsp3) is 0.429. The Morgan fingerprint density at radius 1 is 1.23 bits per heavy atom. The third-order valence-corrected chi connectivity index (χ3v) is 4.75. The minimum atomic E-state index is -4.27. The summed E-state index contributed by atoms with van der Waals surface area (Å²) in [7, 11) is -4.27. The van der Waals surface area contributed by atoms with Crippen molar-refractivity contribution in [3.8, 4) is 0 Å². The molecule has 1 aromatic carbocycles. The minimum Gasteiger partial charge on any atom is -0.423 e. The number of benzene rings is 1. The molecule has 2 aromatic rings. The number of piperidine rings is 1. The molecular formula is C14H17N3O4S. The van der Waals surface area contributed by atoms with Crippen LogP contribution in [0.3, 0.4) is 0 Å². The average molecular weight is 323 g/mol. The van der Waals surface area contributed by atoms with E-state index in [-0.39, 0.29) is 12.4 Å². The summed E-state index contributed by atoms with van der Waals surface area (Å²) in [6, 6.07) is 9.10. The Hall–Kier alpha value is -1.77. The molecule has 2 heterocycles. The second-order valence-electron chi connectivity index (χ2n) is 5.30. The van der Waals surface area contributed by atoms with Crippen molar-refractivity contribution in [3.63, 3.8) is 0 Å². The summed E-state index contributed by atoms with van der Waals surface area (Å²) >= 11 is 0. The Labute approximate surface area is 128 Å². The van der Waals surface area contributed by atoms with Crippen LogP contribution in [-0.4, -0.2) is 34.0 Å². The summed E-state index contributed by atoms with van der Waals surface area (Å²) in [6.45, 7) is 0.264. The van der Waals surface area contributed by atoms with Crippen molar-refractivity contribution in [2.45, 2.75) is 31.7 Å². The van der Waals surface area contributed by atoms with Gasteiger partial charge in [0.15, 0.2) is 0 Å². The van der Waals surface area contributed by atoms with Crippen LogP contribution in [0.2, 0.25) is 0 Å². The first-order chi connectivity index (χ1) is 10.5. The lowest BCUT2D eigenvalue weighted by Gasteiger charge is -2.29. The topological polar surface area (TPSA) is 96.5 Å². The Kier molecular flexibility index (Phi) is 4.23. The molecule has 0 amide bonds. The van der Waals surface area contributed by atoms with Crippen molar-refractivity contribution < 1.29 is 17.4 Å². The van der Waals surface area contributed by atoms with Gasteiger partial charge >= 0.3 is 10.3 Å². The molecule has 0 radical (unpaired) electrons. The molecule has 1 fully saturated rings. The van der Waals surface area contributed by atoms with E-state index in [9.17, 15) is 13.0 Å². The van der Waals surface area contributed by atoms with E-state index in [1.165, 1.54) is 0 Å². The summed E-state index contributed by atoms with van der Waals surface area (Å²) < 4.78 is 38.9. The predicted molar refractivity (Wildman–Crippen MR) is 78.4 cm³/mol. The molecule has 118 valence electrons. The Bertz CT molecular complexity index is 730. The molecule has 22 heavy (non-hydrogen) atoms. The van der Waals surface area contributed by atoms with Crippen LogP contribution in [0, 0.1) is 0 Å². The van der Waals surface area contributed by atoms with Crippen molar-refractivity contribution in [1.29, 1.82) is 0 Å². The predicted octanol–water partition coefficient (Wildman–Crippen LogP) is 1.99. The van der Waals surface area contributed by atoms with E-state index >= 15 is 0 Å². The molecule has 1 unspecified atom stereocenters. The standard InChI is InChI=1S/C14H17N3O4S/c18-22(19,20)17-9-5-4-8-12(17)14-16-15-13(21-14)10-11-6-2-1-3-7-11/h1-3,6-7,12H,4-5,8-10H2,(H,18,19,20). The molecule has 8 heteroatoms. The smallest absolute Gasteiger partial charge is 0.336 e. The average Bonchev–Trinajstić information content (AvgIpc) is 2.96. The molecule has 1 atom stereocenters. The highest BCUT2D eigenvalue weighted by Gasteiger charge is 2.35. The number of aromatic nitrogens is 2. The lowest BCUT2D eigenvalue weighted by Crippen LogP contribution is -2.38. The monoisotopic (exact) mass is 323 g/mol. The number of rotatable bonds is 4. The maximum Gasteiger partial charge on any atom is 0.336 e. The number of hydrogen-bond donors (Lipinski definition) is 1. The molecular weight excluding hydrogens is 306 g/mol. The van der Waals surface area contributed by atoms with Gasteiger partial charge in [-0.1, -0.05) is 36.8 Å². The zero-order valence-corrected chi connectivity index (χ0v) is 12.7. The molecule has 7 nitrogen and oxygen atoms in total. The Morgan fingerprint density at radius 2 is 2.00 bits per heavy atom. The van der Waals surface area contributed by atoms with Crippen LogP contribution in [0.5, 0.6) is 0 Å². The fourth-order valence-corrected chi connectivity index (χ4v) is 3.55. The summed E-state index contributed by atoms with van der Waals surface area (Å²) in [5, 5.41) is 7.95. The highest BCUT2D eigenvalue weighted by Crippen LogP contribution is 2.32. The molecule has 1 aliphatic heterocycles. The van der Waals surface area contributed by atoms with E-state index in [0.29, 0.717) is 25.2 Å². The highest BCUT2D eigenvalue weighted by molar-refractivity contribution is 7.83. The summed E-state index contributed by atoms with van der Waals surface area (Å²) in [5.41, 5.74) is 1.04. The fourth-order valence-electron chi connectivity index (χ4n) is 2.67. The van der Waals surface area contributed by atoms with Crippen molar-refractivity contribution in [2.24, 2.45) is 0 Å². The van der Waals surface area contributed by atoms with Crippen LogP contribution in [-0.2, 0) is 16.7 Å².